The Morgan fingerprint density at radius 1 is 0.160 bits per heavy atom. The fourth-order valence-electron chi connectivity index (χ4n) is 21.6. The molecule has 0 aliphatic heterocycles. The van der Waals surface area contributed by atoms with Gasteiger partial charge in [-0.15, -0.1) is 34.0 Å². The minimum Gasteiger partial charge on any atom is -0.308 e. The van der Waals surface area contributed by atoms with Gasteiger partial charge in [0.15, 0.2) is 5.82 Å². The Morgan fingerprint density at radius 2 is 0.440 bits per heavy atom. The summed E-state index contributed by atoms with van der Waals surface area (Å²) in [5.41, 5.74) is 32.4. The Bertz CT molecular complexity index is 9290. The Hall–Kier alpha value is -19.2. The van der Waals surface area contributed by atoms with Crippen LogP contribution in [0.1, 0.15) is 0 Å². The standard InChI is InChI=1S/2C46H29N3S.C45H28N4S/c1-5-13-30(14-6-1)34-21-25-42-38(27-34)36-23-24-37-39-28-35(31-15-7-2-8-16-31)22-26-43(39)50-45(37)44(36)49(42)46-47-40(32-17-9-3-10-18-32)29-41(48-46)33-19-11-4-12-20-33;1-5-13-30(14-6-1)34-21-25-41-38(27-34)36-23-24-37-39-28-35(31-15-7-2-8-16-31)22-26-42(39)50-45(37)44(36)49(41)43-29-40(32-17-9-3-10-18-32)47-46(48-43)33-19-11-4-12-20-33;1-3-11-29(12-4-1)31-17-21-42-36(25-31)34-19-20-35-37-26-32(30-13-5-2-6-14-30)18-22-43(37)50-45(35)44(34)49(42)33-27-40(38-15-7-9-23-46-38)48-41(28-33)39-16-8-10-24-47-39/h2*1-29H;1-28H. The number of hydrogen-bond acceptors (Lipinski definition) is 10. The van der Waals surface area contributed by atoms with E-state index in [0.717, 1.165) is 95.7 Å². The zero-order valence-electron chi connectivity index (χ0n) is 80.8. The summed E-state index contributed by atoms with van der Waals surface area (Å²) >= 11 is 5.56. The van der Waals surface area contributed by atoms with Gasteiger partial charge in [-0.05, 0) is 182 Å². The summed E-state index contributed by atoms with van der Waals surface area (Å²) in [5.74, 6) is 2.21. The molecule has 0 aliphatic rings. The molecule has 0 saturated carbocycles. The lowest BCUT2D eigenvalue weighted by Gasteiger charge is -2.13. The highest BCUT2D eigenvalue weighted by Crippen LogP contribution is 2.51. The van der Waals surface area contributed by atoms with Crippen LogP contribution in [0.5, 0.6) is 0 Å². The van der Waals surface area contributed by atoms with Gasteiger partial charge in [0, 0.05) is 119 Å². The molecular formula is C137H86N10S3. The number of thiophene rings is 3. The van der Waals surface area contributed by atoms with Crippen molar-refractivity contribution < 1.29 is 0 Å². The third-order valence-corrected chi connectivity index (χ3v) is 32.3. The third-order valence-electron chi connectivity index (χ3n) is 28.8. The van der Waals surface area contributed by atoms with Gasteiger partial charge in [-0.3, -0.25) is 19.1 Å². The minimum atomic E-state index is 0.660. The predicted molar refractivity (Wildman–Crippen MR) is 631 cm³/mol. The fraction of sp³-hybridized carbons (Fsp3) is 0. The van der Waals surface area contributed by atoms with E-state index in [9.17, 15) is 0 Å². The summed E-state index contributed by atoms with van der Waals surface area (Å²) in [6.45, 7) is 0. The molecule has 0 unspecified atom stereocenters. The number of benzene rings is 19. The SMILES string of the molecule is c1ccc(-c2ccc3sc4c(ccc5c6cc(-c7ccccc7)ccc6n(-c6cc(-c7ccccc7)nc(-c7ccccc7)n6)c54)c3c2)cc1.c1ccc(-c2ccc3sc4c(ccc5c6cc(-c7ccccc7)ccc6n(-c6cc(-c7ccccn7)nc(-c7ccccn7)c6)c54)c3c2)cc1.c1ccc(-c2ccc3sc4c(ccc5c6cc(-c7ccccc7)ccc6n(-c6nc(-c7ccccc7)cc(-c7ccccc7)n6)c54)c3c2)cc1. The van der Waals surface area contributed by atoms with Crippen molar-refractivity contribution in [3.63, 3.8) is 0 Å². The van der Waals surface area contributed by atoms with E-state index in [1.54, 1.807) is 0 Å². The van der Waals surface area contributed by atoms with Gasteiger partial charge in [-0.1, -0.05) is 388 Å². The van der Waals surface area contributed by atoms with E-state index >= 15 is 0 Å². The highest BCUT2D eigenvalue weighted by atomic mass is 32.1. The topological polar surface area (TPSA) is 105 Å². The number of hydrogen-bond donors (Lipinski definition) is 0. The molecule has 0 spiro atoms. The summed E-state index contributed by atoms with van der Waals surface area (Å²) in [4.78, 5) is 35.6. The Kier molecular flexibility index (Phi) is 22.3. The second-order valence-corrected chi connectivity index (χ2v) is 40.9. The van der Waals surface area contributed by atoms with E-state index in [0.29, 0.717) is 11.8 Å². The highest BCUT2D eigenvalue weighted by Gasteiger charge is 2.28. The van der Waals surface area contributed by atoms with E-state index in [1.165, 1.54) is 171 Å². The summed E-state index contributed by atoms with van der Waals surface area (Å²) in [5, 5.41) is 14.8. The molecule has 702 valence electrons. The van der Waals surface area contributed by atoms with Crippen LogP contribution in [0.3, 0.4) is 0 Å². The van der Waals surface area contributed by atoms with Crippen LogP contribution < -0.4 is 0 Å². The van der Waals surface area contributed by atoms with Crippen LogP contribution in [0.4, 0.5) is 0 Å². The smallest absolute Gasteiger partial charge is 0.235 e. The third kappa shape index (κ3) is 16.1. The molecule has 30 rings (SSSR count). The molecule has 13 heteroatoms. The molecule has 0 N–H and O–H groups in total. The molecule has 0 bridgehead atoms. The van der Waals surface area contributed by atoms with Gasteiger partial charge in [0.25, 0.3) is 0 Å². The molecule has 10 nitrogen and oxygen atoms in total. The number of fused-ring (bicyclic) bond motifs is 21. The molecule has 0 atom stereocenters. The van der Waals surface area contributed by atoms with E-state index < -0.39 is 0 Å². The lowest BCUT2D eigenvalue weighted by atomic mass is 10.0. The number of pyridine rings is 3. The quantitative estimate of drug-likeness (QED) is 0.101. The van der Waals surface area contributed by atoms with E-state index in [-0.39, 0.29) is 0 Å². The second kappa shape index (κ2) is 37.8. The lowest BCUT2D eigenvalue weighted by Crippen LogP contribution is -2.04. The van der Waals surface area contributed by atoms with Gasteiger partial charge in [0.05, 0.1) is 92.7 Å². The normalized spacial score (nSPS) is 11.6. The van der Waals surface area contributed by atoms with Crippen molar-refractivity contribution in [3.05, 3.63) is 522 Å². The molecule has 0 fully saturated rings. The Morgan fingerprint density at radius 3 is 0.780 bits per heavy atom. The number of nitrogens with zero attached hydrogens (tertiary/aromatic N) is 10. The summed E-state index contributed by atoms with van der Waals surface area (Å²) in [6.07, 6.45) is 3.64. The molecule has 19 aromatic carbocycles. The molecule has 0 amide bonds. The van der Waals surface area contributed by atoms with Crippen LogP contribution in [-0.4, -0.2) is 48.6 Å². The van der Waals surface area contributed by atoms with Crippen LogP contribution in [0.25, 0.3) is 278 Å². The molecule has 0 aliphatic carbocycles. The van der Waals surface area contributed by atoms with Crippen LogP contribution in [0.15, 0.2) is 522 Å². The van der Waals surface area contributed by atoms with Gasteiger partial charge < -0.3 is 4.57 Å². The second-order valence-electron chi connectivity index (χ2n) is 37.7. The zero-order chi connectivity index (χ0) is 99.1. The van der Waals surface area contributed by atoms with Gasteiger partial charge in [-0.25, -0.2) is 24.9 Å². The van der Waals surface area contributed by atoms with Gasteiger partial charge in [-0.2, -0.15) is 0 Å². The average molecular weight is 1970 g/mol. The minimum absolute atomic E-state index is 0.660. The van der Waals surface area contributed by atoms with Gasteiger partial charge >= 0.3 is 0 Å². The summed E-state index contributed by atoms with van der Waals surface area (Å²) in [7, 11) is 0. The highest BCUT2D eigenvalue weighted by molar-refractivity contribution is 7.27. The summed E-state index contributed by atoms with van der Waals surface area (Å²) < 4.78 is 14.6. The maximum atomic E-state index is 5.32. The van der Waals surface area contributed by atoms with Crippen molar-refractivity contribution in [3.8, 4) is 152 Å². The fourth-order valence-corrected chi connectivity index (χ4v) is 25.2. The maximum absolute atomic E-state index is 5.32. The first-order valence-corrected chi connectivity index (χ1v) is 52.8. The summed E-state index contributed by atoms with van der Waals surface area (Å²) in [6, 6.07) is 181. The van der Waals surface area contributed by atoms with Crippen molar-refractivity contribution >= 4 is 160 Å². The average Bonchev–Trinajstić information content (AvgIpc) is 1.56. The van der Waals surface area contributed by atoms with Gasteiger partial charge in [0.1, 0.15) is 5.82 Å². The lowest BCUT2D eigenvalue weighted by molar-refractivity contribution is 0.998. The zero-order valence-corrected chi connectivity index (χ0v) is 83.3. The van der Waals surface area contributed by atoms with Crippen LogP contribution >= 0.6 is 34.0 Å². The van der Waals surface area contributed by atoms with Gasteiger partial charge in [0.2, 0.25) is 5.95 Å². The van der Waals surface area contributed by atoms with Crippen LogP contribution in [-0.2, 0) is 0 Å². The molecule has 150 heavy (non-hydrogen) atoms. The Labute approximate surface area is 875 Å². The first kappa shape index (κ1) is 88.5. The van der Waals surface area contributed by atoms with Crippen LogP contribution in [0, 0.1) is 0 Å². The molecule has 11 heterocycles. The maximum Gasteiger partial charge on any atom is 0.235 e. The van der Waals surface area contributed by atoms with Crippen molar-refractivity contribution in [2.75, 3.05) is 0 Å². The molecule has 0 radical (unpaired) electrons. The van der Waals surface area contributed by atoms with Crippen molar-refractivity contribution in [2.45, 2.75) is 0 Å². The molecular weight excluding hydrogens is 1880 g/mol. The monoisotopic (exact) mass is 1970 g/mol. The molecule has 11 aromatic heterocycles. The Balaban J connectivity index is 0.000000108. The van der Waals surface area contributed by atoms with Crippen LogP contribution in [0.2, 0.25) is 0 Å². The van der Waals surface area contributed by atoms with E-state index in [2.05, 4.69) is 450 Å². The molecule has 30 aromatic rings. The first-order chi connectivity index (χ1) is 74.3. The largest absolute Gasteiger partial charge is 0.308 e. The first-order valence-electron chi connectivity index (χ1n) is 50.3. The van der Waals surface area contributed by atoms with Crippen molar-refractivity contribution in [1.82, 2.24) is 48.6 Å². The van der Waals surface area contributed by atoms with Crippen molar-refractivity contribution in [2.24, 2.45) is 0 Å². The van der Waals surface area contributed by atoms with E-state index in [1.807, 2.05) is 119 Å². The number of aromatic nitrogens is 10. The van der Waals surface area contributed by atoms with Crippen molar-refractivity contribution in [1.29, 1.82) is 0 Å². The van der Waals surface area contributed by atoms with E-state index in [4.69, 9.17) is 34.9 Å². The molecule has 0 saturated heterocycles. The predicted octanol–water partition coefficient (Wildman–Crippen LogP) is 37.2. The number of rotatable bonds is 15.